The molecule has 0 spiro atoms. The molecule has 132 valence electrons. The molecule has 0 unspecified atom stereocenters. The van der Waals surface area contributed by atoms with Gasteiger partial charge in [-0.05, 0) is 37.2 Å². The van der Waals surface area contributed by atoms with Crippen LogP contribution in [-0.4, -0.2) is 54.5 Å². The van der Waals surface area contributed by atoms with Crippen molar-refractivity contribution in [3.8, 4) is 0 Å². The molecular formula is C20H31N3O. The second-order valence-corrected chi connectivity index (χ2v) is 7.79. The van der Waals surface area contributed by atoms with E-state index in [0.29, 0.717) is 18.5 Å². The number of hydrogen-bond donors (Lipinski definition) is 1. The summed E-state index contributed by atoms with van der Waals surface area (Å²) < 4.78 is 0. The first kappa shape index (κ1) is 17.4. The van der Waals surface area contributed by atoms with Crippen molar-refractivity contribution in [1.29, 1.82) is 0 Å². The smallest absolute Gasteiger partial charge is 0.236 e. The van der Waals surface area contributed by atoms with E-state index < -0.39 is 0 Å². The summed E-state index contributed by atoms with van der Waals surface area (Å²) in [6.07, 6.45) is 4.78. The molecule has 2 atom stereocenters. The fourth-order valence-corrected chi connectivity index (χ4v) is 4.23. The molecule has 2 aliphatic rings. The molecule has 1 amide bonds. The minimum absolute atomic E-state index is 0.112. The van der Waals surface area contributed by atoms with Crippen LogP contribution in [0.25, 0.3) is 0 Å². The highest BCUT2D eigenvalue weighted by molar-refractivity contribution is 5.78. The van der Waals surface area contributed by atoms with Crippen LogP contribution in [0.3, 0.4) is 0 Å². The van der Waals surface area contributed by atoms with E-state index in [1.54, 1.807) is 0 Å². The third kappa shape index (κ3) is 3.98. The molecule has 1 aliphatic carbocycles. The van der Waals surface area contributed by atoms with E-state index >= 15 is 0 Å². The van der Waals surface area contributed by atoms with Gasteiger partial charge in [0.1, 0.15) is 0 Å². The fraction of sp³-hybridized carbons (Fsp3) is 0.650. The average Bonchev–Trinajstić information content (AvgIpc) is 2.96. The normalized spacial score (nSPS) is 31.1. The Morgan fingerprint density at radius 2 is 1.83 bits per heavy atom. The minimum atomic E-state index is 0.112. The van der Waals surface area contributed by atoms with Gasteiger partial charge in [0.2, 0.25) is 5.91 Å². The molecular weight excluding hydrogens is 298 g/mol. The van der Waals surface area contributed by atoms with Crippen LogP contribution in [0.5, 0.6) is 0 Å². The summed E-state index contributed by atoms with van der Waals surface area (Å²) in [7, 11) is 1.98. The molecule has 3 rings (SSSR count). The number of carbonyl (C=O) groups excluding carboxylic acids is 1. The molecule has 1 saturated carbocycles. The van der Waals surface area contributed by atoms with E-state index in [1.807, 2.05) is 18.0 Å². The molecule has 1 aliphatic heterocycles. The minimum Gasteiger partial charge on any atom is -0.342 e. The van der Waals surface area contributed by atoms with E-state index in [2.05, 4.69) is 36.1 Å². The van der Waals surface area contributed by atoms with Gasteiger partial charge in [-0.15, -0.1) is 0 Å². The zero-order chi connectivity index (χ0) is 17.1. The standard InChI is InChI=1S/C20H31N3O/c1-15-8-10-17(11-9-15)22(2)20(24)14-23-12-18(19(21)13-23)16-6-4-3-5-7-16/h3-7,15,17-19H,8-14,21H2,1-2H3/t15?,17?,18-,19+/m0/s1. The lowest BCUT2D eigenvalue weighted by Crippen LogP contribution is -2.44. The summed E-state index contributed by atoms with van der Waals surface area (Å²) in [6.45, 7) is 4.50. The Balaban J connectivity index is 1.53. The van der Waals surface area contributed by atoms with Crippen LogP contribution in [0.4, 0.5) is 0 Å². The monoisotopic (exact) mass is 329 g/mol. The first-order valence-corrected chi connectivity index (χ1v) is 9.33. The Bertz CT molecular complexity index is 539. The van der Waals surface area contributed by atoms with Crippen molar-refractivity contribution in [2.24, 2.45) is 11.7 Å². The van der Waals surface area contributed by atoms with Gasteiger partial charge in [-0.3, -0.25) is 9.69 Å². The molecule has 0 radical (unpaired) electrons. The molecule has 1 aromatic rings. The predicted octanol–water partition coefficient (Wildman–Crippen LogP) is 2.45. The van der Waals surface area contributed by atoms with Gasteiger partial charge in [-0.2, -0.15) is 0 Å². The van der Waals surface area contributed by atoms with Crippen LogP contribution in [0.15, 0.2) is 30.3 Å². The number of carbonyl (C=O) groups is 1. The Morgan fingerprint density at radius 1 is 1.17 bits per heavy atom. The Kier molecular flexibility index (Phi) is 5.57. The third-order valence-electron chi connectivity index (χ3n) is 5.95. The highest BCUT2D eigenvalue weighted by Gasteiger charge is 2.33. The fourth-order valence-electron chi connectivity index (χ4n) is 4.23. The molecule has 0 bridgehead atoms. The number of benzene rings is 1. The van der Waals surface area contributed by atoms with Gasteiger partial charge in [0.25, 0.3) is 0 Å². The van der Waals surface area contributed by atoms with Crippen LogP contribution in [0, 0.1) is 5.92 Å². The van der Waals surface area contributed by atoms with Crippen molar-refractivity contribution in [1.82, 2.24) is 9.80 Å². The highest BCUT2D eigenvalue weighted by atomic mass is 16.2. The number of nitrogens with two attached hydrogens (primary N) is 1. The zero-order valence-corrected chi connectivity index (χ0v) is 15.0. The van der Waals surface area contributed by atoms with E-state index in [1.165, 1.54) is 18.4 Å². The van der Waals surface area contributed by atoms with Crippen LogP contribution < -0.4 is 5.73 Å². The van der Waals surface area contributed by atoms with E-state index in [4.69, 9.17) is 5.73 Å². The maximum Gasteiger partial charge on any atom is 0.236 e. The van der Waals surface area contributed by atoms with Crippen molar-refractivity contribution in [2.75, 3.05) is 26.7 Å². The van der Waals surface area contributed by atoms with Gasteiger partial charge in [0.15, 0.2) is 0 Å². The summed E-state index contributed by atoms with van der Waals surface area (Å²) in [5.74, 6) is 1.39. The molecule has 24 heavy (non-hydrogen) atoms. The molecule has 4 nitrogen and oxygen atoms in total. The number of hydrogen-bond acceptors (Lipinski definition) is 3. The molecule has 2 N–H and O–H groups in total. The van der Waals surface area contributed by atoms with Crippen LogP contribution in [-0.2, 0) is 4.79 Å². The number of nitrogens with zero attached hydrogens (tertiary/aromatic N) is 2. The average molecular weight is 329 g/mol. The second kappa shape index (κ2) is 7.66. The molecule has 4 heteroatoms. The largest absolute Gasteiger partial charge is 0.342 e. The molecule has 1 saturated heterocycles. The number of likely N-dealkylation sites (tertiary alicyclic amines) is 1. The van der Waals surface area contributed by atoms with Crippen LogP contribution >= 0.6 is 0 Å². The van der Waals surface area contributed by atoms with Crippen molar-refractivity contribution < 1.29 is 4.79 Å². The summed E-state index contributed by atoms with van der Waals surface area (Å²) in [5, 5.41) is 0. The van der Waals surface area contributed by atoms with E-state index in [9.17, 15) is 4.79 Å². The topological polar surface area (TPSA) is 49.6 Å². The van der Waals surface area contributed by atoms with Crippen molar-refractivity contribution in [3.63, 3.8) is 0 Å². The summed E-state index contributed by atoms with van der Waals surface area (Å²) in [4.78, 5) is 16.9. The lowest BCUT2D eigenvalue weighted by molar-refractivity contribution is -0.133. The quantitative estimate of drug-likeness (QED) is 0.923. The van der Waals surface area contributed by atoms with Crippen LogP contribution in [0.2, 0.25) is 0 Å². The zero-order valence-electron chi connectivity index (χ0n) is 15.0. The SMILES string of the molecule is CC1CCC(N(C)C(=O)CN2C[C@@H](N)[C@H](c3ccccc3)C2)CC1. The van der Waals surface area contributed by atoms with Gasteiger partial charge in [0.05, 0.1) is 6.54 Å². The Morgan fingerprint density at radius 3 is 2.50 bits per heavy atom. The van der Waals surface area contributed by atoms with Crippen molar-refractivity contribution >= 4 is 5.91 Å². The predicted molar refractivity (Wildman–Crippen MR) is 97.8 cm³/mol. The summed E-state index contributed by atoms with van der Waals surface area (Å²) in [5.41, 5.74) is 7.63. The number of amides is 1. The first-order chi connectivity index (χ1) is 11.5. The number of likely N-dealkylation sites (N-methyl/N-ethyl adjacent to an activating group) is 1. The second-order valence-electron chi connectivity index (χ2n) is 7.79. The molecule has 2 fully saturated rings. The lowest BCUT2D eigenvalue weighted by Gasteiger charge is -2.34. The van der Waals surface area contributed by atoms with Gasteiger partial charge >= 0.3 is 0 Å². The first-order valence-electron chi connectivity index (χ1n) is 9.33. The van der Waals surface area contributed by atoms with Crippen molar-refractivity contribution in [2.45, 2.75) is 50.6 Å². The summed E-state index contributed by atoms with van der Waals surface area (Å²) in [6, 6.07) is 11.0. The van der Waals surface area contributed by atoms with Gasteiger partial charge in [0, 0.05) is 38.1 Å². The van der Waals surface area contributed by atoms with Gasteiger partial charge < -0.3 is 10.6 Å². The third-order valence-corrected chi connectivity index (χ3v) is 5.95. The maximum atomic E-state index is 12.7. The summed E-state index contributed by atoms with van der Waals surface area (Å²) >= 11 is 0. The highest BCUT2D eigenvalue weighted by Crippen LogP contribution is 2.28. The molecule has 0 aromatic heterocycles. The van der Waals surface area contributed by atoms with Gasteiger partial charge in [-0.1, -0.05) is 37.3 Å². The maximum absolute atomic E-state index is 12.7. The lowest BCUT2D eigenvalue weighted by atomic mass is 9.87. The Hall–Kier alpha value is -1.39. The molecule has 1 aromatic carbocycles. The number of rotatable bonds is 4. The Labute approximate surface area is 146 Å². The van der Waals surface area contributed by atoms with Crippen LogP contribution in [0.1, 0.15) is 44.1 Å². The van der Waals surface area contributed by atoms with E-state index in [-0.39, 0.29) is 11.9 Å². The van der Waals surface area contributed by atoms with Gasteiger partial charge in [-0.25, -0.2) is 0 Å². The molecule has 1 heterocycles. The van der Waals surface area contributed by atoms with Crippen molar-refractivity contribution in [3.05, 3.63) is 35.9 Å². The van der Waals surface area contributed by atoms with E-state index in [0.717, 1.165) is 31.8 Å².